The van der Waals surface area contributed by atoms with Gasteiger partial charge in [0.2, 0.25) is 0 Å². The second-order valence-corrected chi connectivity index (χ2v) is 1.28. The van der Waals surface area contributed by atoms with Crippen LogP contribution in [0.25, 0.3) is 0 Å². The highest BCUT2D eigenvalue weighted by Crippen LogP contribution is 2.16. The van der Waals surface area contributed by atoms with E-state index in [1.807, 2.05) is 0 Å². The number of aromatic nitrogens is 2. The van der Waals surface area contributed by atoms with Crippen molar-refractivity contribution < 1.29 is 13.2 Å². The van der Waals surface area contributed by atoms with E-state index in [4.69, 9.17) is 5.73 Å². The van der Waals surface area contributed by atoms with Crippen molar-refractivity contribution in [3.8, 4) is 0 Å². The molecule has 0 saturated carbocycles. The lowest BCUT2D eigenvalue weighted by molar-refractivity contribution is 0.116. The highest BCUT2D eigenvalue weighted by Gasteiger charge is 2.13. The smallest absolute Gasteiger partial charge is 0.314 e. The monoisotopic (exact) mass is 135 g/mol. The largest absolute Gasteiger partial charge is 0.402 e. The Hall–Kier alpha value is -1.20. The molecular formula is C3H3F2N3O. The molecule has 6 heteroatoms. The normalized spacial score (nSPS) is 10.6. The van der Waals surface area contributed by atoms with Crippen LogP contribution in [0.4, 0.5) is 14.8 Å². The van der Waals surface area contributed by atoms with Gasteiger partial charge in [0.15, 0.2) is 0 Å². The molecule has 1 aromatic rings. The maximum Gasteiger partial charge on any atom is 0.314 e. The topological polar surface area (TPSA) is 64.9 Å². The zero-order valence-electron chi connectivity index (χ0n) is 4.21. The second-order valence-electron chi connectivity index (χ2n) is 1.28. The predicted molar refractivity (Wildman–Crippen MR) is 23.7 cm³/mol. The van der Waals surface area contributed by atoms with Gasteiger partial charge in [-0.1, -0.05) is 5.10 Å². The standard InChI is InChI=1S/C3H3F2N3O/c4-1(5)2-7-8-3(6)9-2/h1H,(H2,6,8). The molecule has 4 nitrogen and oxygen atoms in total. The maximum atomic E-state index is 11.5. The minimum absolute atomic E-state index is 0.342. The molecule has 1 aromatic heterocycles. The van der Waals surface area contributed by atoms with Crippen molar-refractivity contribution in [2.75, 3.05) is 5.73 Å². The Kier molecular flexibility index (Phi) is 1.29. The third kappa shape index (κ3) is 1.13. The first-order valence-corrected chi connectivity index (χ1v) is 2.07. The number of nitrogen functional groups attached to an aromatic ring is 1. The van der Waals surface area contributed by atoms with Crippen molar-refractivity contribution >= 4 is 6.01 Å². The first kappa shape index (κ1) is 5.93. The Morgan fingerprint density at radius 1 is 1.44 bits per heavy atom. The van der Waals surface area contributed by atoms with Gasteiger partial charge in [-0.05, 0) is 0 Å². The summed E-state index contributed by atoms with van der Waals surface area (Å²) in [7, 11) is 0. The first-order valence-electron chi connectivity index (χ1n) is 2.07. The van der Waals surface area contributed by atoms with E-state index in [1.54, 1.807) is 0 Å². The number of alkyl halides is 2. The molecule has 0 fully saturated rings. The summed E-state index contributed by atoms with van der Waals surface area (Å²) in [5.74, 6) is -0.743. The van der Waals surface area contributed by atoms with Crippen molar-refractivity contribution in [1.82, 2.24) is 10.2 Å². The molecule has 0 aliphatic rings. The molecule has 0 aliphatic heterocycles. The van der Waals surface area contributed by atoms with Crippen LogP contribution in [-0.2, 0) is 0 Å². The number of nitrogens with zero attached hydrogens (tertiary/aromatic N) is 2. The molecule has 0 saturated heterocycles. The van der Waals surface area contributed by atoms with Crippen molar-refractivity contribution in [3.05, 3.63) is 5.89 Å². The van der Waals surface area contributed by atoms with Gasteiger partial charge in [-0.2, -0.15) is 8.78 Å². The van der Waals surface area contributed by atoms with Crippen molar-refractivity contribution in [3.63, 3.8) is 0 Å². The van der Waals surface area contributed by atoms with Gasteiger partial charge in [-0.25, -0.2) is 0 Å². The van der Waals surface area contributed by atoms with Crippen LogP contribution in [0.2, 0.25) is 0 Å². The molecule has 0 radical (unpaired) electrons. The van der Waals surface area contributed by atoms with Crippen LogP contribution < -0.4 is 5.73 Å². The highest BCUT2D eigenvalue weighted by atomic mass is 19.3. The number of halogens is 2. The lowest BCUT2D eigenvalue weighted by Crippen LogP contribution is -1.81. The minimum Gasteiger partial charge on any atom is -0.402 e. The van der Waals surface area contributed by atoms with E-state index in [9.17, 15) is 8.78 Å². The third-order valence-corrected chi connectivity index (χ3v) is 0.643. The molecule has 1 heterocycles. The van der Waals surface area contributed by atoms with Crippen molar-refractivity contribution in [2.24, 2.45) is 0 Å². The maximum absolute atomic E-state index is 11.5. The van der Waals surface area contributed by atoms with Gasteiger partial charge in [0.1, 0.15) is 0 Å². The van der Waals surface area contributed by atoms with E-state index in [2.05, 4.69) is 14.6 Å². The van der Waals surface area contributed by atoms with Crippen LogP contribution in [0.5, 0.6) is 0 Å². The Morgan fingerprint density at radius 3 is 2.33 bits per heavy atom. The number of anilines is 1. The summed E-state index contributed by atoms with van der Waals surface area (Å²) in [6, 6.07) is -0.342. The average molecular weight is 135 g/mol. The van der Waals surface area contributed by atoms with Gasteiger partial charge in [0.05, 0.1) is 0 Å². The van der Waals surface area contributed by atoms with Gasteiger partial charge in [-0.3, -0.25) is 0 Å². The number of nitrogens with two attached hydrogens (primary N) is 1. The first-order chi connectivity index (χ1) is 4.20. The summed E-state index contributed by atoms with van der Waals surface area (Å²) in [6.45, 7) is 0. The molecular weight excluding hydrogens is 132 g/mol. The number of rotatable bonds is 1. The van der Waals surface area contributed by atoms with Crippen LogP contribution in [0.1, 0.15) is 12.3 Å². The van der Waals surface area contributed by atoms with Gasteiger partial charge < -0.3 is 10.2 Å². The Morgan fingerprint density at radius 2 is 2.11 bits per heavy atom. The van der Waals surface area contributed by atoms with E-state index in [0.29, 0.717) is 0 Å². The van der Waals surface area contributed by atoms with Crippen molar-refractivity contribution in [2.45, 2.75) is 6.43 Å². The molecule has 0 unspecified atom stereocenters. The molecule has 9 heavy (non-hydrogen) atoms. The van der Waals surface area contributed by atoms with Crippen LogP contribution in [0.15, 0.2) is 4.42 Å². The van der Waals surface area contributed by atoms with Crippen molar-refractivity contribution in [1.29, 1.82) is 0 Å². The lowest BCUT2D eigenvalue weighted by atomic mass is 10.7. The van der Waals surface area contributed by atoms with Gasteiger partial charge >= 0.3 is 12.4 Å². The fourth-order valence-corrected chi connectivity index (χ4v) is 0.335. The quantitative estimate of drug-likeness (QED) is 0.611. The van der Waals surface area contributed by atoms with Crippen LogP contribution in [-0.4, -0.2) is 10.2 Å². The SMILES string of the molecule is Nc1nnc(C(F)F)o1. The van der Waals surface area contributed by atoms with E-state index in [1.165, 1.54) is 0 Å². The fraction of sp³-hybridized carbons (Fsp3) is 0.333. The van der Waals surface area contributed by atoms with E-state index < -0.39 is 12.3 Å². The molecule has 1 rings (SSSR count). The summed E-state index contributed by atoms with van der Waals surface area (Å²) in [5, 5.41) is 5.94. The molecule has 0 amide bonds. The minimum atomic E-state index is -2.74. The summed E-state index contributed by atoms with van der Waals surface area (Å²) in [6.07, 6.45) is -2.74. The number of hydrogen-bond donors (Lipinski definition) is 1. The average Bonchev–Trinajstić information content (AvgIpc) is 2.14. The Balaban J connectivity index is 2.85. The molecule has 0 atom stereocenters. The van der Waals surface area contributed by atoms with Crippen LogP contribution in [0, 0.1) is 0 Å². The summed E-state index contributed by atoms with van der Waals surface area (Å²) in [5.41, 5.74) is 4.84. The third-order valence-electron chi connectivity index (χ3n) is 0.643. The molecule has 0 spiro atoms. The molecule has 2 N–H and O–H groups in total. The Labute approximate surface area is 48.7 Å². The molecule has 0 aliphatic carbocycles. The van der Waals surface area contributed by atoms with Gasteiger partial charge in [0, 0.05) is 0 Å². The summed E-state index contributed by atoms with van der Waals surface area (Å²) < 4.78 is 27.2. The van der Waals surface area contributed by atoms with E-state index >= 15 is 0 Å². The predicted octanol–water partition coefficient (Wildman–Crippen LogP) is 0.589. The zero-order chi connectivity index (χ0) is 6.85. The van der Waals surface area contributed by atoms with Crippen LogP contribution in [0.3, 0.4) is 0 Å². The van der Waals surface area contributed by atoms with Crippen LogP contribution >= 0.6 is 0 Å². The lowest BCUT2D eigenvalue weighted by Gasteiger charge is -1.84. The van der Waals surface area contributed by atoms with E-state index in [-0.39, 0.29) is 6.01 Å². The molecule has 50 valence electrons. The number of hydrogen-bond acceptors (Lipinski definition) is 4. The van der Waals surface area contributed by atoms with Gasteiger partial charge in [-0.15, -0.1) is 5.10 Å². The summed E-state index contributed by atoms with van der Waals surface area (Å²) in [4.78, 5) is 0. The summed E-state index contributed by atoms with van der Waals surface area (Å²) >= 11 is 0. The second kappa shape index (κ2) is 1.96. The molecule has 0 aromatic carbocycles. The fourth-order valence-electron chi connectivity index (χ4n) is 0.335. The van der Waals surface area contributed by atoms with Gasteiger partial charge in [0.25, 0.3) is 5.89 Å². The highest BCUT2D eigenvalue weighted by molar-refractivity contribution is 5.04. The Bertz CT molecular complexity index is 199. The zero-order valence-corrected chi connectivity index (χ0v) is 4.21. The van der Waals surface area contributed by atoms with E-state index in [0.717, 1.165) is 0 Å². The molecule has 0 bridgehead atoms.